The van der Waals surface area contributed by atoms with Gasteiger partial charge in [0.15, 0.2) is 0 Å². The smallest absolute Gasteiger partial charge is 0.230 e. The summed E-state index contributed by atoms with van der Waals surface area (Å²) < 4.78 is 0. The molecule has 0 spiro atoms. The summed E-state index contributed by atoms with van der Waals surface area (Å²) in [7, 11) is 0. The zero-order chi connectivity index (χ0) is 15.5. The number of hydrogen-bond donors (Lipinski definition) is 1. The molecule has 1 aromatic carbocycles. The number of amides is 1. The van der Waals surface area contributed by atoms with Crippen molar-refractivity contribution in [3.63, 3.8) is 0 Å². The first kappa shape index (κ1) is 16.5. The van der Waals surface area contributed by atoms with Gasteiger partial charge in [-0.3, -0.25) is 4.79 Å². The van der Waals surface area contributed by atoms with Gasteiger partial charge in [0.1, 0.15) is 0 Å². The van der Waals surface area contributed by atoms with Gasteiger partial charge in [-0.1, -0.05) is 66.0 Å². The van der Waals surface area contributed by atoms with Gasteiger partial charge in [0.25, 0.3) is 0 Å². The minimum atomic E-state index is -0.503. The van der Waals surface area contributed by atoms with Gasteiger partial charge in [-0.2, -0.15) is 0 Å². The summed E-state index contributed by atoms with van der Waals surface area (Å²) in [6.45, 7) is 6.29. The highest BCUT2D eigenvalue weighted by molar-refractivity contribution is 9.09. The molecule has 21 heavy (non-hydrogen) atoms. The van der Waals surface area contributed by atoms with Gasteiger partial charge in [-0.25, -0.2) is 0 Å². The number of rotatable bonds is 4. The quantitative estimate of drug-likeness (QED) is 0.799. The van der Waals surface area contributed by atoms with Crippen molar-refractivity contribution >= 4 is 21.8 Å². The van der Waals surface area contributed by atoms with Gasteiger partial charge in [-0.05, 0) is 38.2 Å². The molecule has 2 unspecified atom stereocenters. The molecule has 0 aliphatic heterocycles. The minimum absolute atomic E-state index is 0.0825. The second kappa shape index (κ2) is 6.51. The fourth-order valence-electron chi connectivity index (χ4n) is 3.31. The number of benzene rings is 1. The molecule has 1 saturated carbocycles. The lowest BCUT2D eigenvalue weighted by molar-refractivity contribution is -0.128. The fourth-order valence-corrected chi connectivity index (χ4v) is 3.96. The number of alkyl halides is 1. The molecule has 0 saturated heterocycles. The van der Waals surface area contributed by atoms with Crippen LogP contribution in [0.5, 0.6) is 0 Å². The molecule has 2 nitrogen and oxygen atoms in total. The van der Waals surface area contributed by atoms with E-state index in [-0.39, 0.29) is 11.4 Å². The van der Waals surface area contributed by atoms with Crippen molar-refractivity contribution < 1.29 is 4.79 Å². The highest BCUT2D eigenvalue weighted by Gasteiger charge is 2.39. The molecule has 1 aliphatic rings. The summed E-state index contributed by atoms with van der Waals surface area (Å²) in [4.78, 5) is 12.9. The van der Waals surface area contributed by atoms with Gasteiger partial charge in [0.2, 0.25) is 5.91 Å². The maximum atomic E-state index is 12.9. The van der Waals surface area contributed by atoms with Crippen molar-refractivity contribution in [3.8, 4) is 0 Å². The van der Waals surface area contributed by atoms with Crippen LogP contribution >= 0.6 is 15.9 Å². The number of carbonyl (C=O) groups excluding carboxylic acids is 1. The zero-order valence-corrected chi connectivity index (χ0v) is 14.9. The molecule has 0 radical (unpaired) electrons. The lowest BCUT2D eigenvalue weighted by Crippen LogP contribution is -2.56. The van der Waals surface area contributed by atoms with Crippen LogP contribution in [0.4, 0.5) is 0 Å². The highest BCUT2D eigenvalue weighted by atomic mass is 79.9. The van der Waals surface area contributed by atoms with E-state index in [1.165, 1.54) is 12.8 Å². The topological polar surface area (TPSA) is 29.1 Å². The number of halogens is 1. The van der Waals surface area contributed by atoms with Crippen LogP contribution in [0.2, 0.25) is 0 Å². The third kappa shape index (κ3) is 3.68. The molecule has 0 bridgehead atoms. The van der Waals surface area contributed by atoms with Crippen LogP contribution in [0.25, 0.3) is 0 Å². The predicted octanol–water partition coefficient (Wildman–Crippen LogP) is 4.42. The van der Waals surface area contributed by atoms with Crippen LogP contribution in [0.1, 0.15) is 52.0 Å². The van der Waals surface area contributed by atoms with Gasteiger partial charge < -0.3 is 5.32 Å². The highest BCUT2D eigenvalue weighted by Crippen LogP contribution is 2.35. The van der Waals surface area contributed by atoms with Crippen molar-refractivity contribution in [1.82, 2.24) is 5.32 Å². The van der Waals surface area contributed by atoms with Crippen LogP contribution in [0, 0.1) is 5.92 Å². The Kier molecular flexibility index (Phi) is 5.13. The molecule has 2 rings (SSSR count). The van der Waals surface area contributed by atoms with E-state index < -0.39 is 5.41 Å². The number of hydrogen-bond acceptors (Lipinski definition) is 1. The van der Waals surface area contributed by atoms with Crippen LogP contribution in [0.3, 0.4) is 0 Å². The first-order valence-electron chi connectivity index (χ1n) is 7.84. The molecule has 1 N–H and O–H groups in total. The minimum Gasteiger partial charge on any atom is -0.349 e. The van der Waals surface area contributed by atoms with Crippen LogP contribution in [-0.2, 0) is 10.2 Å². The third-order valence-electron chi connectivity index (χ3n) is 4.79. The molecular formula is C18H26BrNO. The Morgan fingerprint density at radius 3 is 2.62 bits per heavy atom. The molecule has 1 fully saturated rings. The van der Waals surface area contributed by atoms with Crippen molar-refractivity contribution in [2.45, 2.75) is 57.4 Å². The van der Waals surface area contributed by atoms with E-state index in [1.807, 2.05) is 44.2 Å². The van der Waals surface area contributed by atoms with E-state index >= 15 is 0 Å². The van der Waals surface area contributed by atoms with Gasteiger partial charge in [0.05, 0.1) is 5.41 Å². The summed E-state index contributed by atoms with van der Waals surface area (Å²) in [5.74, 6) is 0.804. The molecular weight excluding hydrogens is 326 g/mol. The average Bonchev–Trinajstić information content (AvgIpc) is 2.48. The number of nitrogens with one attached hydrogen (secondary N) is 1. The zero-order valence-electron chi connectivity index (χ0n) is 13.3. The Hall–Kier alpha value is -0.830. The largest absolute Gasteiger partial charge is 0.349 e. The Morgan fingerprint density at radius 2 is 2.05 bits per heavy atom. The monoisotopic (exact) mass is 351 g/mol. The van der Waals surface area contributed by atoms with Gasteiger partial charge in [0, 0.05) is 10.9 Å². The summed E-state index contributed by atoms with van der Waals surface area (Å²) >= 11 is 3.63. The molecule has 1 aliphatic carbocycles. The van der Waals surface area contributed by atoms with Crippen molar-refractivity contribution in [3.05, 3.63) is 35.9 Å². The normalized spacial score (nSPS) is 26.4. The van der Waals surface area contributed by atoms with E-state index in [0.717, 1.165) is 23.7 Å². The summed E-state index contributed by atoms with van der Waals surface area (Å²) in [5, 5.41) is 4.20. The number of carbonyl (C=O) groups is 1. The molecule has 116 valence electrons. The van der Waals surface area contributed by atoms with E-state index in [9.17, 15) is 4.79 Å². The Morgan fingerprint density at radius 1 is 1.38 bits per heavy atom. The van der Waals surface area contributed by atoms with Crippen molar-refractivity contribution in [1.29, 1.82) is 0 Å². The summed E-state index contributed by atoms with van der Waals surface area (Å²) in [6.07, 6.45) is 4.60. The predicted molar refractivity (Wildman–Crippen MR) is 91.8 cm³/mol. The van der Waals surface area contributed by atoms with Crippen molar-refractivity contribution in [2.75, 3.05) is 5.33 Å². The van der Waals surface area contributed by atoms with Gasteiger partial charge >= 0.3 is 0 Å². The lowest BCUT2D eigenvalue weighted by atomic mass is 9.76. The third-order valence-corrected chi connectivity index (χ3v) is 5.86. The Bertz CT molecular complexity index is 485. The lowest BCUT2D eigenvalue weighted by Gasteiger charge is -2.41. The summed E-state index contributed by atoms with van der Waals surface area (Å²) in [6, 6.07) is 10.0. The second-order valence-corrected chi connectivity index (χ2v) is 7.62. The summed E-state index contributed by atoms with van der Waals surface area (Å²) in [5.41, 5.74) is 0.480. The maximum Gasteiger partial charge on any atom is 0.230 e. The van der Waals surface area contributed by atoms with Crippen LogP contribution < -0.4 is 5.32 Å². The second-order valence-electron chi connectivity index (χ2n) is 7.06. The Balaban J connectivity index is 2.16. The fraction of sp³-hybridized carbons (Fsp3) is 0.611. The van der Waals surface area contributed by atoms with E-state index in [2.05, 4.69) is 28.2 Å². The van der Waals surface area contributed by atoms with E-state index in [4.69, 9.17) is 0 Å². The molecule has 0 aromatic heterocycles. The Labute approximate surface area is 136 Å². The standard InChI is InChI=1S/C18H26BrNO/c1-14-8-7-11-18(12-14,13-19)20-16(21)17(2,3)15-9-5-4-6-10-15/h4-6,9-10,14H,7-8,11-13H2,1-3H3,(H,20,21). The SMILES string of the molecule is CC1CCCC(CBr)(NC(=O)C(C)(C)c2ccccc2)C1. The molecule has 3 heteroatoms. The van der Waals surface area contributed by atoms with Gasteiger partial charge in [-0.15, -0.1) is 0 Å². The first-order chi connectivity index (χ1) is 9.89. The maximum absolute atomic E-state index is 12.9. The molecule has 2 atom stereocenters. The molecule has 0 heterocycles. The van der Waals surface area contributed by atoms with Crippen molar-refractivity contribution in [2.24, 2.45) is 5.92 Å². The van der Waals surface area contributed by atoms with Crippen LogP contribution in [-0.4, -0.2) is 16.8 Å². The first-order valence-corrected chi connectivity index (χ1v) is 8.96. The van der Waals surface area contributed by atoms with E-state index in [0.29, 0.717) is 5.92 Å². The average molecular weight is 352 g/mol. The molecule has 1 aromatic rings. The molecule has 1 amide bonds. The van der Waals surface area contributed by atoms with E-state index in [1.54, 1.807) is 0 Å². The van der Waals surface area contributed by atoms with Crippen LogP contribution in [0.15, 0.2) is 30.3 Å².